The Labute approximate surface area is 171 Å². The Kier molecular flexibility index (Phi) is 4.48. The van der Waals surface area contributed by atoms with Gasteiger partial charge in [0.05, 0.1) is 27.4 Å². The summed E-state index contributed by atoms with van der Waals surface area (Å²) in [7, 11) is -2.24. The Morgan fingerprint density at radius 1 is 1.32 bits per heavy atom. The Balaban J connectivity index is 1.74. The van der Waals surface area contributed by atoms with Gasteiger partial charge >= 0.3 is 0 Å². The number of nitrogens with one attached hydrogen (secondary N) is 2. The zero-order valence-corrected chi connectivity index (χ0v) is 17.5. The van der Waals surface area contributed by atoms with Crippen LogP contribution in [-0.4, -0.2) is 36.6 Å². The molecule has 1 fully saturated rings. The molecule has 3 aromatic rings. The predicted octanol–water partition coefficient (Wildman–Crippen LogP) is 3.74. The van der Waals surface area contributed by atoms with E-state index in [2.05, 4.69) is 10.5 Å². The van der Waals surface area contributed by atoms with Gasteiger partial charge in [0.2, 0.25) is 16.0 Å². The summed E-state index contributed by atoms with van der Waals surface area (Å²) in [4.78, 5) is 1.57. The molecule has 1 aromatic carbocycles. The van der Waals surface area contributed by atoms with Crippen molar-refractivity contribution >= 4 is 38.9 Å². The van der Waals surface area contributed by atoms with E-state index in [1.54, 1.807) is 19.2 Å². The summed E-state index contributed by atoms with van der Waals surface area (Å²) in [5.41, 5.74) is 0.834. The monoisotopic (exact) mass is 436 g/mol. The van der Waals surface area contributed by atoms with E-state index in [1.165, 1.54) is 18.4 Å². The van der Waals surface area contributed by atoms with Crippen molar-refractivity contribution in [2.24, 2.45) is 0 Å². The maximum absolute atomic E-state index is 12.4. The van der Waals surface area contributed by atoms with Crippen molar-refractivity contribution in [3.63, 3.8) is 0 Å². The average Bonchev–Trinajstić information content (AvgIpc) is 3.29. The molecule has 7 nitrogen and oxygen atoms in total. The molecule has 2 N–H and O–H groups in total. The molecule has 1 atom stereocenters. The van der Waals surface area contributed by atoms with E-state index in [1.807, 2.05) is 30.3 Å². The van der Waals surface area contributed by atoms with E-state index in [9.17, 15) is 8.42 Å². The second kappa shape index (κ2) is 6.61. The van der Waals surface area contributed by atoms with E-state index in [-0.39, 0.29) is 11.7 Å². The van der Waals surface area contributed by atoms with Crippen LogP contribution in [-0.2, 0) is 15.6 Å². The maximum Gasteiger partial charge on any atom is 0.239 e. The molecule has 0 amide bonds. The minimum atomic E-state index is -3.60. The van der Waals surface area contributed by atoms with Gasteiger partial charge in [0, 0.05) is 23.6 Å². The van der Waals surface area contributed by atoms with Crippen molar-refractivity contribution < 1.29 is 12.9 Å². The third-order valence-electron chi connectivity index (χ3n) is 4.65. The van der Waals surface area contributed by atoms with Crippen LogP contribution < -0.4 is 5.32 Å². The summed E-state index contributed by atoms with van der Waals surface area (Å²) in [5, 5.41) is 15.2. The molecule has 10 heteroatoms. The molecular weight excluding hydrogens is 420 g/mol. The second-order valence-electron chi connectivity index (χ2n) is 6.77. The van der Waals surface area contributed by atoms with Crippen molar-refractivity contribution in [1.82, 2.24) is 14.8 Å². The molecule has 1 saturated heterocycles. The topological polar surface area (TPSA) is 99.3 Å². The summed E-state index contributed by atoms with van der Waals surface area (Å²) < 4.78 is 31.0. The molecule has 0 saturated carbocycles. The third-order valence-corrected chi connectivity index (χ3v) is 8.47. The molecule has 0 aliphatic carbocycles. The van der Waals surface area contributed by atoms with Gasteiger partial charge in [-0.25, -0.2) is 12.7 Å². The Hall–Kier alpha value is -2.36. The molecule has 146 valence electrons. The molecule has 0 radical (unpaired) electrons. The van der Waals surface area contributed by atoms with E-state index >= 15 is 0 Å². The number of halogens is 1. The first-order valence-corrected chi connectivity index (χ1v) is 11.1. The van der Waals surface area contributed by atoms with Crippen molar-refractivity contribution in [2.45, 2.75) is 12.5 Å². The second-order valence-corrected chi connectivity index (χ2v) is 10.2. The van der Waals surface area contributed by atoms with Crippen LogP contribution >= 0.6 is 22.9 Å². The van der Waals surface area contributed by atoms with Gasteiger partial charge < -0.3 is 9.84 Å². The van der Waals surface area contributed by atoms with Crippen LogP contribution in [0, 0.1) is 5.41 Å². The maximum atomic E-state index is 12.4. The van der Waals surface area contributed by atoms with Crippen LogP contribution in [0.25, 0.3) is 21.8 Å². The summed E-state index contributed by atoms with van der Waals surface area (Å²) in [6.45, 7) is 1.75. The Bertz CT molecular complexity index is 1160. The normalized spacial score (nSPS) is 21.5. The lowest BCUT2D eigenvalue weighted by molar-refractivity contribution is 0.424. The van der Waals surface area contributed by atoms with Crippen molar-refractivity contribution in [2.75, 3.05) is 12.8 Å². The standard InChI is InChI=1S/C18H17ClN4O3S2/c1-18(10-28(24,25)23(2)17(20)22-18)16-13(19)9-15(27-16)12-5-3-4-11(8-12)14-6-7-21-26-14/h3-9H,10H2,1-2H3,(H2,20,22)/t18-/m0/s1. The largest absolute Gasteiger partial charge is 0.356 e. The van der Waals surface area contributed by atoms with Crippen LogP contribution in [0.2, 0.25) is 5.02 Å². The van der Waals surface area contributed by atoms with Gasteiger partial charge in [-0.15, -0.1) is 11.3 Å². The number of benzene rings is 1. The lowest BCUT2D eigenvalue weighted by Crippen LogP contribution is -2.60. The fourth-order valence-corrected chi connectivity index (χ4v) is 6.38. The number of hydrogen-bond donors (Lipinski definition) is 2. The molecule has 4 rings (SSSR count). The van der Waals surface area contributed by atoms with Gasteiger partial charge in [-0.3, -0.25) is 5.41 Å². The first kappa shape index (κ1) is 19.0. The summed E-state index contributed by atoms with van der Waals surface area (Å²) in [6, 6.07) is 11.4. The van der Waals surface area contributed by atoms with Crippen molar-refractivity contribution in [3.05, 3.63) is 52.5 Å². The number of hydrogen-bond acceptors (Lipinski definition) is 6. The number of thiophene rings is 1. The van der Waals surface area contributed by atoms with Gasteiger partial charge in [0.1, 0.15) is 0 Å². The fraction of sp³-hybridized carbons (Fsp3) is 0.222. The summed E-state index contributed by atoms with van der Waals surface area (Å²) in [5.74, 6) is 0.303. The highest BCUT2D eigenvalue weighted by atomic mass is 35.5. The quantitative estimate of drug-likeness (QED) is 0.651. The first-order valence-electron chi connectivity index (χ1n) is 8.34. The van der Waals surface area contributed by atoms with Crippen LogP contribution in [0.4, 0.5) is 0 Å². The highest BCUT2D eigenvalue weighted by Gasteiger charge is 2.44. The first-order chi connectivity index (χ1) is 13.2. The Morgan fingerprint density at radius 2 is 2.07 bits per heavy atom. The van der Waals surface area contributed by atoms with Crippen LogP contribution in [0.3, 0.4) is 0 Å². The lowest BCUT2D eigenvalue weighted by Gasteiger charge is -2.39. The zero-order valence-electron chi connectivity index (χ0n) is 15.1. The average molecular weight is 437 g/mol. The number of nitrogens with zero attached hydrogens (tertiary/aromatic N) is 2. The fourth-order valence-electron chi connectivity index (χ4n) is 3.18. The van der Waals surface area contributed by atoms with Crippen LogP contribution in [0.15, 0.2) is 47.1 Å². The highest BCUT2D eigenvalue weighted by Crippen LogP contribution is 2.42. The SMILES string of the molecule is CN1C(=N)N[C@](C)(c2sc(-c3cccc(-c4ccno4)c3)cc2Cl)CS1(=O)=O. The van der Waals surface area contributed by atoms with Crippen molar-refractivity contribution in [3.8, 4) is 21.8 Å². The molecule has 2 aromatic heterocycles. The number of guanidine groups is 1. The zero-order chi connectivity index (χ0) is 20.1. The van der Waals surface area contributed by atoms with Crippen LogP contribution in [0.1, 0.15) is 11.8 Å². The van der Waals surface area contributed by atoms with E-state index < -0.39 is 15.6 Å². The predicted molar refractivity (Wildman–Crippen MR) is 110 cm³/mol. The minimum absolute atomic E-state index is 0.174. The van der Waals surface area contributed by atoms with Gasteiger partial charge in [0.15, 0.2) is 5.76 Å². The van der Waals surface area contributed by atoms with E-state index in [4.69, 9.17) is 21.5 Å². The molecule has 28 heavy (non-hydrogen) atoms. The molecule has 1 aliphatic heterocycles. The van der Waals surface area contributed by atoms with Crippen LogP contribution in [0.5, 0.6) is 0 Å². The summed E-state index contributed by atoms with van der Waals surface area (Å²) >= 11 is 7.90. The van der Waals surface area contributed by atoms with Crippen molar-refractivity contribution in [1.29, 1.82) is 5.41 Å². The van der Waals surface area contributed by atoms with Gasteiger partial charge in [-0.05, 0) is 24.6 Å². The smallest absolute Gasteiger partial charge is 0.239 e. The number of rotatable bonds is 3. The molecule has 0 bridgehead atoms. The van der Waals surface area contributed by atoms with Gasteiger partial charge in [-0.2, -0.15) is 0 Å². The molecule has 0 unspecified atom stereocenters. The third kappa shape index (κ3) is 3.19. The molecule has 1 aliphatic rings. The summed E-state index contributed by atoms with van der Waals surface area (Å²) in [6.07, 6.45) is 1.59. The van der Waals surface area contributed by atoms with E-state index in [0.29, 0.717) is 15.7 Å². The molecule has 3 heterocycles. The minimum Gasteiger partial charge on any atom is -0.356 e. The molecule has 0 spiro atoms. The number of sulfonamides is 1. The Morgan fingerprint density at radius 3 is 2.75 bits per heavy atom. The highest BCUT2D eigenvalue weighted by molar-refractivity contribution is 7.89. The number of aromatic nitrogens is 1. The lowest BCUT2D eigenvalue weighted by atomic mass is 10.0. The molecular formula is C18H17ClN4O3S2. The van der Waals surface area contributed by atoms with Gasteiger partial charge in [0.25, 0.3) is 0 Å². The van der Waals surface area contributed by atoms with Gasteiger partial charge in [-0.1, -0.05) is 35.0 Å². The van der Waals surface area contributed by atoms with E-state index in [0.717, 1.165) is 20.3 Å².